The number of carbonyl (C=O) groups excluding carboxylic acids is 2. The summed E-state index contributed by atoms with van der Waals surface area (Å²) in [5, 5.41) is 3.03. The Morgan fingerprint density at radius 1 is 1.04 bits per heavy atom. The lowest BCUT2D eigenvalue weighted by molar-refractivity contribution is -0.126. The summed E-state index contributed by atoms with van der Waals surface area (Å²) in [5.74, 6) is -0.136. The van der Waals surface area contributed by atoms with Gasteiger partial charge in [0.2, 0.25) is 5.91 Å². The van der Waals surface area contributed by atoms with Gasteiger partial charge in [-0.15, -0.1) is 0 Å². The van der Waals surface area contributed by atoms with Crippen molar-refractivity contribution < 1.29 is 14.3 Å². The first-order valence-electron chi connectivity index (χ1n) is 10.7. The van der Waals surface area contributed by atoms with E-state index in [2.05, 4.69) is 34.5 Å². The molecule has 2 amide bonds. The molecule has 3 rings (SSSR count). The molecule has 6 nitrogen and oxygen atoms in total. The minimum atomic E-state index is -0.315. The van der Waals surface area contributed by atoms with Gasteiger partial charge in [-0.05, 0) is 56.8 Å². The third-order valence-corrected chi connectivity index (χ3v) is 5.66. The Morgan fingerprint density at radius 2 is 1.75 bits per heavy atom. The average Bonchev–Trinajstić information content (AvgIpc) is 2.74. The maximum atomic E-state index is 12.5. The second-order valence-corrected chi connectivity index (χ2v) is 7.86. The number of ether oxygens (including phenoxy) is 1. The van der Waals surface area contributed by atoms with E-state index in [0.717, 1.165) is 24.9 Å². The SMILES string of the molecule is CCOC(=O)N1CCCC(C(=O)NCc2ccc(CN3CCCCC3)cc2)C1. The van der Waals surface area contributed by atoms with Crippen molar-refractivity contribution in [2.45, 2.75) is 52.1 Å². The molecule has 2 heterocycles. The first-order valence-corrected chi connectivity index (χ1v) is 10.7. The van der Waals surface area contributed by atoms with E-state index in [1.165, 1.54) is 37.9 Å². The number of carbonyl (C=O) groups is 2. The van der Waals surface area contributed by atoms with Crippen LogP contribution in [0.25, 0.3) is 0 Å². The van der Waals surface area contributed by atoms with Crippen molar-refractivity contribution in [1.29, 1.82) is 0 Å². The normalized spacial score (nSPS) is 20.6. The summed E-state index contributed by atoms with van der Waals surface area (Å²) in [7, 11) is 0. The van der Waals surface area contributed by atoms with Crippen LogP contribution in [0.5, 0.6) is 0 Å². The number of benzene rings is 1. The topological polar surface area (TPSA) is 61.9 Å². The van der Waals surface area contributed by atoms with Crippen LogP contribution in [0.2, 0.25) is 0 Å². The van der Waals surface area contributed by atoms with Gasteiger partial charge in [0.1, 0.15) is 0 Å². The van der Waals surface area contributed by atoms with Gasteiger partial charge in [0.15, 0.2) is 0 Å². The Bertz CT molecular complexity index is 641. The van der Waals surface area contributed by atoms with Crippen molar-refractivity contribution in [3.63, 3.8) is 0 Å². The molecule has 1 unspecified atom stereocenters. The number of hydrogen-bond acceptors (Lipinski definition) is 4. The molecule has 28 heavy (non-hydrogen) atoms. The minimum absolute atomic E-state index is 0.0198. The molecule has 6 heteroatoms. The monoisotopic (exact) mass is 387 g/mol. The molecule has 1 aromatic carbocycles. The molecule has 1 atom stereocenters. The molecule has 0 aliphatic carbocycles. The number of nitrogens with one attached hydrogen (secondary N) is 1. The molecule has 1 aromatic rings. The molecule has 0 saturated carbocycles. The van der Waals surface area contributed by atoms with Gasteiger partial charge in [-0.3, -0.25) is 9.69 Å². The first kappa shape index (κ1) is 20.6. The summed E-state index contributed by atoms with van der Waals surface area (Å²) in [6.07, 6.45) is 5.30. The zero-order chi connectivity index (χ0) is 19.8. The van der Waals surface area contributed by atoms with Crippen LogP contribution in [0.1, 0.15) is 50.2 Å². The zero-order valence-electron chi connectivity index (χ0n) is 17.0. The van der Waals surface area contributed by atoms with E-state index in [-0.39, 0.29) is 17.9 Å². The molecular formula is C22H33N3O3. The summed E-state index contributed by atoms with van der Waals surface area (Å²) in [4.78, 5) is 28.6. The van der Waals surface area contributed by atoms with Crippen molar-refractivity contribution in [2.75, 3.05) is 32.8 Å². The lowest BCUT2D eigenvalue weighted by atomic mass is 9.97. The fraction of sp³-hybridized carbons (Fsp3) is 0.636. The van der Waals surface area contributed by atoms with Crippen LogP contribution in [0.15, 0.2) is 24.3 Å². The van der Waals surface area contributed by atoms with Crippen LogP contribution in [0.3, 0.4) is 0 Å². The molecule has 2 aliphatic heterocycles. The number of nitrogens with zero attached hydrogens (tertiary/aromatic N) is 2. The number of amides is 2. The molecule has 0 bridgehead atoms. The predicted octanol–water partition coefficient (Wildman–Crippen LogP) is 3.16. The largest absolute Gasteiger partial charge is 0.450 e. The Hall–Kier alpha value is -2.08. The molecule has 2 fully saturated rings. The highest BCUT2D eigenvalue weighted by Gasteiger charge is 2.28. The lowest BCUT2D eigenvalue weighted by Crippen LogP contribution is -2.45. The van der Waals surface area contributed by atoms with Gasteiger partial charge >= 0.3 is 6.09 Å². The molecule has 2 saturated heterocycles. The standard InChI is InChI=1S/C22H33N3O3/c1-2-28-22(27)25-14-6-7-20(17-25)21(26)23-15-18-8-10-19(11-9-18)16-24-12-4-3-5-13-24/h8-11,20H,2-7,12-17H2,1H3,(H,23,26). The number of likely N-dealkylation sites (tertiary alicyclic amines) is 2. The second-order valence-electron chi connectivity index (χ2n) is 7.86. The van der Waals surface area contributed by atoms with Crippen LogP contribution >= 0.6 is 0 Å². The maximum Gasteiger partial charge on any atom is 0.409 e. The van der Waals surface area contributed by atoms with E-state index in [4.69, 9.17) is 4.74 Å². The summed E-state index contributed by atoms with van der Waals surface area (Å²) in [6.45, 7) is 7.20. The van der Waals surface area contributed by atoms with E-state index >= 15 is 0 Å². The van der Waals surface area contributed by atoms with Crippen molar-refractivity contribution in [3.05, 3.63) is 35.4 Å². The van der Waals surface area contributed by atoms with Gasteiger partial charge in [0, 0.05) is 26.2 Å². The highest BCUT2D eigenvalue weighted by molar-refractivity contribution is 5.80. The zero-order valence-corrected chi connectivity index (χ0v) is 17.0. The number of hydrogen-bond donors (Lipinski definition) is 1. The minimum Gasteiger partial charge on any atom is -0.450 e. The molecule has 154 valence electrons. The third-order valence-electron chi connectivity index (χ3n) is 5.66. The van der Waals surface area contributed by atoms with Crippen molar-refractivity contribution in [1.82, 2.24) is 15.1 Å². The van der Waals surface area contributed by atoms with E-state index in [1.807, 2.05) is 0 Å². The van der Waals surface area contributed by atoms with Crippen molar-refractivity contribution in [2.24, 2.45) is 5.92 Å². The van der Waals surface area contributed by atoms with Crippen LogP contribution < -0.4 is 5.32 Å². The van der Waals surface area contributed by atoms with Crippen LogP contribution in [0.4, 0.5) is 4.79 Å². The van der Waals surface area contributed by atoms with Crippen LogP contribution in [-0.2, 0) is 22.6 Å². The molecule has 0 spiro atoms. The summed E-state index contributed by atoms with van der Waals surface area (Å²) >= 11 is 0. The van der Waals surface area contributed by atoms with Gasteiger partial charge in [0.25, 0.3) is 0 Å². The molecule has 2 aliphatic rings. The molecular weight excluding hydrogens is 354 g/mol. The highest BCUT2D eigenvalue weighted by Crippen LogP contribution is 2.18. The summed E-state index contributed by atoms with van der Waals surface area (Å²) < 4.78 is 5.06. The third kappa shape index (κ3) is 5.96. The lowest BCUT2D eigenvalue weighted by Gasteiger charge is -2.31. The molecule has 1 N–H and O–H groups in total. The highest BCUT2D eigenvalue weighted by atomic mass is 16.6. The average molecular weight is 388 g/mol. The Balaban J connectivity index is 1.44. The van der Waals surface area contributed by atoms with E-state index in [1.54, 1.807) is 11.8 Å². The van der Waals surface area contributed by atoms with Crippen molar-refractivity contribution >= 4 is 12.0 Å². The van der Waals surface area contributed by atoms with Gasteiger partial charge in [0.05, 0.1) is 12.5 Å². The number of piperidine rings is 2. The summed E-state index contributed by atoms with van der Waals surface area (Å²) in [5.41, 5.74) is 2.43. The smallest absolute Gasteiger partial charge is 0.409 e. The second kappa shape index (κ2) is 10.5. The van der Waals surface area contributed by atoms with E-state index in [0.29, 0.717) is 26.2 Å². The van der Waals surface area contributed by atoms with Crippen LogP contribution in [0, 0.1) is 5.92 Å². The van der Waals surface area contributed by atoms with E-state index in [9.17, 15) is 9.59 Å². The maximum absolute atomic E-state index is 12.5. The fourth-order valence-electron chi connectivity index (χ4n) is 4.04. The molecule has 0 aromatic heterocycles. The van der Waals surface area contributed by atoms with Gasteiger partial charge < -0.3 is 15.0 Å². The quantitative estimate of drug-likeness (QED) is 0.814. The Labute approximate surface area is 168 Å². The van der Waals surface area contributed by atoms with E-state index < -0.39 is 0 Å². The fourth-order valence-corrected chi connectivity index (χ4v) is 4.04. The van der Waals surface area contributed by atoms with Gasteiger partial charge in [-0.25, -0.2) is 4.79 Å². The first-order chi connectivity index (χ1) is 13.7. The van der Waals surface area contributed by atoms with Crippen molar-refractivity contribution in [3.8, 4) is 0 Å². The Kier molecular flexibility index (Phi) is 7.71. The summed E-state index contributed by atoms with van der Waals surface area (Å²) in [6, 6.07) is 8.54. The number of rotatable bonds is 6. The Morgan fingerprint density at radius 3 is 2.46 bits per heavy atom. The van der Waals surface area contributed by atoms with Crippen LogP contribution in [-0.4, -0.2) is 54.6 Å². The predicted molar refractivity (Wildman–Crippen MR) is 109 cm³/mol. The van der Waals surface area contributed by atoms with Gasteiger partial charge in [-0.2, -0.15) is 0 Å². The molecule has 0 radical (unpaired) electrons. The van der Waals surface area contributed by atoms with Gasteiger partial charge in [-0.1, -0.05) is 30.7 Å².